The topological polar surface area (TPSA) is 87.4 Å². The maximum atomic E-state index is 12.8. The molecule has 0 radical (unpaired) electrons. The first kappa shape index (κ1) is 21.4. The lowest BCUT2D eigenvalue weighted by Crippen LogP contribution is -2.42. The maximum absolute atomic E-state index is 12.8. The van der Waals surface area contributed by atoms with Crippen LogP contribution in [0.5, 0.6) is 0 Å². The summed E-state index contributed by atoms with van der Waals surface area (Å²) in [6.07, 6.45) is 3.50. The van der Waals surface area contributed by atoms with Crippen molar-refractivity contribution < 1.29 is 14.3 Å². The Morgan fingerprint density at radius 1 is 1.17 bits per heavy atom. The largest absolute Gasteiger partial charge is 0.444 e. The number of nitrogens with one attached hydrogen (secondary N) is 1. The smallest absolute Gasteiger partial charge is 0.410 e. The number of nitrogens with zero attached hydrogens (tertiary/aromatic N) is 3. The van der Waals surface area contributed by atoms with Crippen LogP contribution in [0, 0.1) is 11.3 Å². The Morgan fingerprint density at radius 3 is 2.43 bits per heavy atom. The van der Waals surface area contributed by atoms with Crippen LogP contribution in [0.15, 0.2) is 42.6 Å². The predicted molar refractivity (Wildman–Crippen MR) is 114 cm³/mol. The molecule has 158 valence electrons. The summed E-state index contributed by atoms with van der Waals surface area (Å²) in [6, 6.07) is 13.2. The van der Waals surface area contributed by atoms with Gasteiger partial charge in [-0.2, -0.15) is 5.26 Å². The zero-order valence-corrected chi connectivity index (χ0v) is 17.7. The van der Waals surface area contributed by atoms with Crippen molar-refractivity contribution in [3.8, 4) is 6.07 Å². The second kappa shape index (κ2) is 9.04. The highest BCUT2D eigenvalue weighted by atomic mass is 16.6. The van der Waals surface area contributed by atoms with Crippen molar-refractivity contribution in [1.29, 1.82) is 5.26 Å². The van der Waals surface area contributed by atoms with Gasteiger partial charge in [-0.15, -0.1) is 0 Å². The number of rotatable bonds is 4. The second-order valence-corrected chi connectivity index (χ2v) is 8.49. The van der Waals surface area contributed by atoms with Gasteiger partial charge in [-0.3, -0.25) is 4.79 Å². The van der Waals surface area contributed by atoms with Gasteiger partial charge in [0.2, 0.25) is 0 Å². The van der Waals surface area contributed by atoms with Gasteiger partial charge in [0, 0.05) is 31.0 Å². The molecule has 2 heterocycles. The molecule has 0 bridgehead atoms. The molecule has 1 aliphatic rings. The summed E-state index contributed by atoms with van der Waals surface area (Å²) in [5.41, 5.74) is 1.68. The van der Waals surface area contributed by atoms with Crippen LogP contribution < -0.4 is 5.32 Å². The molecule has 30 heavy (non-hydrogen) atoms. The minimum absolute atomic E-state index is 0.150. The summed E-state index contributed by atoms with van der Waals surface area (Å²) >= 11 is 0. The Kier molecular flexibility index (Phi) is 6.46. The lowest BCUT2D eigenvalue weighted by Gasteiger charge is -2.34. The summed E-state index contributed by atoms with van der Waals surface area (Å²) in [5, 5.41) is 11.7. The standard InChI is InChI=1S/C23H28N4O3/c1-23(2,3)30-22(29)26-15-11-19(12-16-26)27-14-4-5-20(27)21(28)25-18-8-6-17(7-9-18)10-13-24/h4-9,14,19H,10-12,15-16H2,1-3H3,(H,25,28). The first-order chi connectivity index (χ1) is 14.3. The molecule has 2 amide bonds. The van der Waals surface area contributed by atoms with E-state index < -0.39 is 5.60 Å². The highest BCUT2D eigenvalue weighted by molar-refractivity contribution is 6.03. The number of carbonyl (C=O) groups is 2. The fourth-order valence-corrected chi connectivity index (χ4v) is 3.55. The van der Waals surface area contributed by atoms with E-state index in [2.05, 4.69) is 11.4 Å². The Balaban J connectivity index is 1.61. The first-order valence-corrected chi connectivity index (χ1v) is 10.2. The van der Waals surface area contributed by atoms with Crippen LogP contribution in [0.3, 0.4) is 0 Å². The van der Waals surface area contributed by atoms with Gasteiger partial charge >= 0.3 is 6.09 Å². The number of likely N-dealkylation sites (tertiary alicyclic amines) is 1. The van der Waals surface area contributed by atoms with Crippen molar-refractivity contribution >= 4 is 17.7 Å². The maximum Gasteiger partial charge on any atom is 0.410 e. The molecule has 0 unspecified atom stereocenters. The van der Waals surface area contributed by atoms with Crippen LogP contribution in [0.25, 0.3) is 0 Å². The van der Waals surface area contributed by atoms with E-state index in [9.17, 15) is 9.59 Å². The highest BCUT2D eigenvalue weighted by Crippen LogP contribution is 2.26. The molecule has 1 aromatic heterocycles. The highest BCUT2D eigenvalue weighted by Gasteiger charge is 2.28. The molecule has 1 N–H and O–H groups in total. The number of piperidine rings is 1. The molecule has 7 nitrogen and oxygen atoms in total. The molecule has 1 aliphatic heterocycles. The van der Waals surface area contributed by atoms with Gasteiger partial charge in [0.25, 0.3) is 5.91 Å². The molecule has 2 aromatic rings. The van der Waals surface area contributed by atoms with Crippen LogP contribution in [0.4, 0.5) is 10.5 Å². The fraction of sp³-hybridized carbons (Fsp3) is 0.435. The lowest BCUT2D eigenvalue weighted by atomic mass is 10.0. The molecule has 0 atom stereocenters. The first-order valence-electron chi connectivity index (χ1n) is 10.2. The third-order valence-corrected chi connectivity index (χ3v) is 5.02. The van der Waals surface area contributed by atoms with Crippen molar-refractivity contribution in [2.24, 2.45) is 0 Å². The van der Waals surface area contributed by atoms with Gasteiger partial charge < -0.3 is 19.5 Å². The quantitative estimate of drug-likeness (QED) is 0.813. The van der Waals surface area contributed by atoms with Crippen molar-refractivity contribution in [3.05, 3.63) is 53.9 Å². The van der Waals surface area contributed by atoms with Crippen molar-refractivity contribution in [2.75, 3.05) is 18.4 Å². The number of hydrogen-bond acceptors (Lipinski definition) is 4. The molecule has 1 fully saturated rings. The summed E-state index contributed by atoms with van der Waals surface area (Å²) in [7, 11) is 0. The summed E-state index contributed by atoms with van der Waals surface area (Å²) in [4.78, 5) is 26.8. The lowest BCUT2D eigenvalue weighted by molar-refractivity contribution is 0.0187. The Hall–Kier alpha value is -3.27. The molecule has 1 aromatic carbocycles. The molecule has 0 aliphatic carbocycles. The van der Waals surface area contributed by atoms with Gasteiger partial charge in [-0.05, 0) is 63.4 Å². The van der Waals surface area contributed by atoms with E-state index in [1.54, 1.807) is 23.1 Å². The average molecular weight is 409 g/mol. The van der Waals surface area contributed by atoms with E-state index in [1.165, 1.54) is 0 Å². The molecular weight excluding hydrogens is 380 g/mol. The zero-order chi connectivity index (χ0) is 21.7. The summed E-state index contributed by atoms with van der Waals surface area (Å²) in [5.74, 6) is -0.178. The van der Waals surface area contributed by atoms with Gasteiger partial charge in [0.1, 0.15) is 11.3 Å². The molecule has 0 saturated carbocycles. The number of benzene rings is 1. The molecule has 3 rings (SSSR count). The van der Waals surface area contributed by atoms with Gasteiger partial charge in [-0.1, -0.05) is 12.1 Å². The number of hydrogen-bond donors (Lipinski definition) is 1. The van der Waals surface area contributed by atoms with E-state index >= 15 is 0 Å². The van der Waals surface area contributed by atoms with Crippen LogP contribution in [-0.2, 0) is 11.2 Å². The van der Waals surface area contributed by atoms with E-state index in [4.69, 9.17) is 10.00 Å². The monoisotopic (exact) mass is 408 g/mol. The number of aromatic nitrogens is 1. The number of anilines is 1. The van der Waals surface area contributed by atoms with E-state index in [0.29, 0.717) is 30.9 Å². The van der Waals surface area contributed by atoms with Crippen molar-refractivity contribution in [2.45, 2.75) is 51.7 Å². The average Bonchev–Trinajstić information content (AvgIpc) is 3.18. The third-order valence-electron chi connectivity index (χ3n) is 5.02. The molecule has 1 saturated heterocycles. The summed E-state index contributed by atoms with van der Waals surface area (Å²) < 4.78 is 7.45. The molecular formula is C23H28N4O3. The molecule has 7 heteroatoms. The van der Waals surface area contributed by atoms with Crippen molar-refractivity contribution in [1.82, 2.24) is 9.47 Å². The fourth-order valence-electron chi connectivity index (χ4n) is 3.55. The number of ether oxygens (including phenoxy) is 1. The van der Waals surface area contributed by atoms with Crippen LogP contribution in [-0.4, -0.2) is 40.2 Å². The van der Waals surface area contributed by atoms with Crippen LogP contribution in [0.2, 0.25) is 0 Å². The summed E-state index contributed by atoms with van der Waals surface area (Å²) in [6.45, 7) is 6.77. The Morgan fingerprint density at radius 2 is 1.83 bits per heavy atom. The Labute approximate surface area is 177 Å². The number of amides is 2. The zero-order valence-electron chi connectivity index (χ0n) is 17.7. The van der Waals surface area contributed by atoms with Gasteiger partial charge in [0.15, 0.2) is 0 Å². The predicted octanol–water partition coefficient (Wildman–Crippen LogP) is 4.38. The van der Waals surface area contributed by atoms with Gasteiger partial charge in [-0.25, -0.2) is 4.79 Å². The Bertz CT molecular complexity index is 927. The van der Waals surface area contributed by atoms with Crippen molar-refractivity contribution in [3.63, 3.8) is 0 Å². The van der Waals surface area contributed by atoms with Crippen LogP contribution >= 0.6 is 0 Å². The van der Waals surface area contributed by atoms with E-state index in [1.807, 2.05) is 49.7 Å². The molecule has 0 spiro atoms. The van der Waals surface area contributed by atoms with E-state index in [-0.39, 0.29) is 18.0 Å². The van der Waals surface area contributed by atoms with Crippen LogP contribution in [0.1, 0.15) is 55.7 Å². The minimum atomic E-state index is -0.508. The number of nitriles is 1. The third kappa shape index (κ3) is 5.41. The van der Waals surface area contributed by atoms with Gasteiger partial charge in [0.05, 0.1) is 12.5 Å². The second-order valence-electron chi connectivity index (χ2n) is 8.49. The minimum Gasteiger partial charge on any atom is -0.444 e. The SMILES string of the molecule is CC(C)(C)OC(=O)N1CCC(n2cccc2C(=O)Nc2ccc(CC#N)cc2)CC1. The normalized spacial score (nSPS) is 14.8. The van der Waals surface area contributed by atoms with E-state index in [0.717, 1.165) is 18.4 Å². The number of carbonyl (C=O) groups excluding carboxylic acids is 2.